The summed E-state index contributed by atoms with van der Waals surface area (Å²) in [6.07, 6.45) is 2.29. The molecule has 0 heterocycles. The minimum atomic E-state index is 0.338. The van der Waals surface area contributed by atoms with Gasteiger partial charge in [-0.3, -0.25) is 0 Å². The van der Waals surface area contributed by atoms with Crippen molar-refractivity contribution < 1.29 is 0 Å². The van der Waals surface area contributed by atoms with E-state index in [0.29, 0.717) is 5.92 Å². The van der Waals surface area contributed by atoms with Gasteiger partial charge in [-0.05, 0) is 50.6 Å². The summed E-state index contributed by atoms with van der Waals surface area (Å²) in [5, 5.41) is 0. The summed E-state index contributed by atoms with van der Waals surface area (Å²) in [5.74, 6) is 0.338. The summed E-state index contributed by atoms with van der Waals surface area (Å²) >= 11 is 0. The van der Waals surface area contributed by atoms with E-state index in [2.05, 4.69) is 153 Å². The first-order chi connectivity index (χ1) is 16.8. The van der Waals surface area contributed by atoms with E-state index >= 15 is 0 Å². The van der Waals surface area contributed by atoms with Crippen LogP contribution in [-0.2, 0) is 0 Å². The lowest BCUT2D eigenvalue weighted by Gasteiger charge is -2.14. The van der Waals surface area contributed by atoms with Crippen molar-refractivity contribution >= 4 is 11.6 Å². The van der Waals surface area contributed by atoms with Crippen LogP contribution in [0.3, 0.4) is 0 Å². The monoisotopic (exact) mass is 436 g/mol. The Kier molecular flexibility index (Phi) is 6.49. The zero-order valence-electron chi connectivity index (χ0n) is 19.4. The Morgan fingerprint density at radius 1 is 0.471 bits per heavy atom. The van der Waals surface area contributed by atoms with E-state index in [-0.39, 0.29) is 0 Å². The first-order valence-electron chi connectivity index (χ1n) is 11.9. The largest absolute Gasteiger partial charge is 0.0622 e. The fourth-order valence-corrected chi connectivity index (χ4v) is 4.40. The van der Waals surface area contributed by atoms with Gasteiger partial charge in [0.25, 0.3) is 0 Å². The van der Waals surface area contributed by atoms with Gasteiger partial charge in [0.05, 0.1) is 0 Å². The van der Waals surface area contributed by atoms with Crippen molar-refractivity contribution in [1.82, 2.24) is 0 Å². The van der Waals surface area contributed by atoms with Crippen molar-refractivity contribution in [3.8, 4) is 11.1 Å². The smallest absolute Gasteiger partial charge is 0.00610 e. The molecule has 0 aliphatic heterocycles. The van der Waals surface area contributed by atoms with Gasteiger partial charge in [-0.1, -0.05) is 146 Å². The van der Waals surface area contributed by atoms with Gasteiger partial charge in [-0.2, -0.15) is 0 Å². The number of benzene rings is 5. The molecule has 0 saturated heterocycles. The van der Waals surface area contributed by atoms with Crippen molar-refractivity contribution in [1.29, 1.82) is 0 Å². The van der Waals surface area contributed by atoms with Crippen LogP contribution in [0.4, 0.5) is 0 Å². The molecule has 0 aliphatic rings. The van der Waals surface area contributed by atoms with E-state index in [1.807, 2.05) is 0 Å². The van der Waals surface area contributed by atoms with Gasteiger partial charge in [0.15, 0.2) is 0 Å². The second-order valence-electron chi connectivity index (χ2n) is 8.67. The summed E-state index contributed by atoms with van der Waals surface area (Å²) in [5.41, 5.74) is 10.1. The van der Waals surface area contributed by atoms with Gasteiger partial charge in [0.2, 0.25) is 0 Å². The molecule has 1 atom stereocenters. The maximum atomic E-state index is 2.29. The fraction of sp³-hybridized carbons (Fsp3) is 0.0588. The van der Waals surface area contributed by atoms with Crippen LogP contribution in [0.2, 0.25) is 0 Å². The third-order valence-corrected chi connectivity index (χ3v) is 6.43. The molecule has 0 amide bonds. The van der Waals surface area contributed by atoms with E-state index in [9.17, 15) is 0 Å². The van der Waals surface area contributed by atoms with Gasteiger partial charge in [-0.25, -0.2) is 0 Å². The molecule has 5 aromatic carbocycles. The molecule has 0 aliphatic carbocycles. The molecule has 0 saturated carbocycles. The van der Waals surface area contributed by atoms with Crippen molar-refractivity contribution in [2.45, 2.75) is 12.8 Å². The SMILES string of the molecule is CC(c1ccc(C=C(c2ccccc2)c2ccccc2)cc1)c1ccc(-c2ccccc2)cc1. The maximum absolute atomic E-state index is 2.29. The lowest BCUT2D eigenvalue weighted by Crippen LogP contribution is -1.96. The predicted octanol–water partition coefficient (Wildman–Crippen LogP) is 9.09. The molecule has 0 bridgehead atoms. The van der Waals surface area contributed by atoms with E-state index in [1.165, 1.54) is 44.5 Å². The lowest BCUT2D eigenvalue weighted by atomic mass is 9.90. The quantitative estimate of drug-likeness (QED) is 0.233. The number of rotatable bonds is 6. The van der Waals surface area contributed by atoms with E-state index in [4.69, 9.17) is 0 Å². The van der Waals surface area contributed by atoms with Crippen LogP contribution in [0.15, 0.2) is 140 Å². The highest BCUT2D eigenvalue weighted by Crippen LogP contribution is 2.29. The standard InChI is InChI=1S/C34H28/c1-26(29-21-23-31(24-22-29)30-11-5-2-6-12-30)28-19-17-27(18-20-28)25-34(32-13-7-3-8-14-32)33-15-9-4-10-16-33/h2-26H,1H3. The predicted molar refractivity (Wildman–Crippen MR) is 146 cm³/mol. The number of hydrogen-bond acceptors (Lipinski definition) is 0. The van der Waals surface area contributed by atoms with Crippen LogP contribution < -0.4 is 0 Å². The van der Waals surface area contributed by atoms with Crippen molar-refractivity contribution in [3.63, 3.8) is 0 Å². The van der Waals surface area contributed by atoms with Crippen LogP contribution in [0.1, 0.15) is 40.7 Å². The average molecular weight is 437 g/mol. The van der Waals surface area contributed by atoms with Crippen LogP contribution in [0, 0.1) is 0 Å². The highest BCUT2D eigenvalue weighted by molar-refractivity contribution is 5.91. The maximum Gasteiger partial charge on any atom is 0.00610 e. The zero-order valence-corrected chi connectivity index (χ0v) is 19.4. The molecule has 0 fully saturated rings. The Hall–Kier alpha value is -4.16. The van der Waals surface area contributed by atoms with Gasteiger partial charge in [0.1, 0.15) is 0 Å². The summed E-state index contributed by atoms with van der Waals surface area (Å²) in [4.78, 5) is 0. The summed E-state index contributed by atoms with van der Waals surface area (Å²) in [6, 6.07) is 49.7. The lowest BCUT2D eigenvalue weighted by molar-refractivity contribution is 0.922. The van der Waals surface area contributed by atoms with Crippen LogP contribution in [0.25, 0.3) is 22.8 Å². The van der Waals surface area contributed by atoms with E-state index in [1.54, 1.807) is 0 Å². The second kappa shape index (κ2) is 10.2. The highest BCUT2D eigenvalue weighted by Gasteiger charge is 2.10. The molecule has 34 heavy (non-hydrogen) atoms. The van der Waals surface area contributed by atoms with Crippen LogP contribution >= 0.6 is 0 Å². The molecule has 0 radical (unpaired) electrons. The van der Waals surface area contributed by atoms with Crippen molar-refractivity contribution in [2.24, 2.45) is 0 Å². The molecular formula is C34H28. The average Bonchev–Trinajstić information content (AvgIpc) is 2.93. The summed E-state index contributed by atoms with van der Waals surface area (Å²) < 4.78 is 0. The van der Waals surface area contributed by atoms with E-state index < -0.39 is 0 Å². The first-order valence-corrected chi connectivity index (χ1v) is 11.9. The van der Waals surface area contributed by atoms with Crippen LogP contribution in [-0.4, -0.2) is 0 Å². The van der Waals surface area contributed by atoms with Gasteiger partial charge in [0, 0.05) is 5.92 Å². The molecule has 0 aromatic heterocycles. The minimum Gasteiger partial charge on any atom is -0.0622 e. The topological polar surface area (TPSA) is 0 Å². The number of hydrogen-bond donors (Lipinski definition) is 0. The molecule has 0 spiro atoms. The molecule has 1 unspecified atom stereocenters. The van der Waals surface area contributed by atoms with Crippen LogP contribution in [0.5, 0.6) is 0 Å². The van der Waals surface area contributed by atoms with Crippen molar-refractivity contribution in [3.05, 3.63) is 167 Å². The van der Waals surface area contributed by atoms with E-state index in [0.717, 1.165) is 0 Å². The zero-order chi connectivity index (χ0) is 23.2. The summed E-state index contributed by atoms with van der Waals surface area (Å²) in [6.45, 7) is 2.28. The molecule has 5 rings (SSSR count). The molecule has 0 heteroatoms. The molecule has 164 valence electrons. The Labute approximate surface area is 202 Å². The van der Waals surface area contributed by atoms with Gasteiger partial charge < -0.3 is 0 Å². The first kappa shape index (κ1) is 21.7. The third kappa shape index (κ3) is 4.92. The minimum absolute atomic E-state index is 0.338. The molecule has 0 N–H and O–H groups in total. The molecule has 5 aromatic rings. The van der Waals surface area contributed by atoms with Gasteiger partial charge >= 0.3 is 0 Å². The Morgan fingerprint density at radius 3 is 1.38 bits per heavy atom. The Bertz CT molecular complexity index is 1300. The normalized spacial score (nSPS) is 11.6. The summed E-state index contributed by atoms with van der Waals surface area (Å²) in [7, 11) is 0. The molecule has 0 nitrogen and oxygen atoms in total. The molecular weight excluding hydrogens is 408 g/mol. The Balaban J connectivity index is 1.40. The van der Waals surface area contributed by atoms with Crippen molar-refractivity contribution in [2.75, 3.05) is 0 Å². The fourth-order valence-electron chi connectivity index (χ4n) is 4.40. The second-order valence-corrected chi connectivity index (χ2v) is 8.67. The van der Waals surface area contributed by atoms with Gasteiger partial charge in [-0.15, -0.1) is 0 Å². The highest BCUT2D eigenvalue weighted by atomic mass is 14.1. The third-order valence-electron chi connectivity index (χ3n) is 6.43. The Morgan fingerprint density at radius 2 is 0.882 bits per heavy atom.